The maximum atomic E-state index is 12.9. The van der Waals surface area contributed by atoms with Crippen LogP contribution in [0.5, 0.6) is 0 Å². The van der Waals surface area contributed by atoms with Crippen molar-refractivity contribution in [3.05, 3.63) is 54.5 Å². The number of carboxylic acid groups (broad SMARTS) is 2. The maximum Gasteiger partial charge on any atom is 0.490 e. The summed E-state index contributed by atoms with van der Waals surface area (Å²) in [5.74, 6) is -4.30. The van der Waals surface area contributed by atoms with E-state index in [4.69, 9.17) is 24.8 Å². The summed E-state index contributed by atoms with van der Waals surface area (Å²) < 4.78 is 67.7. The molecule has 5 heterocycles. The van der Waals surface area contributed by atoms with Gasteiger partial charge in [0.05, 0.1) is 23.6 Å². The number of aliphatic carboxylic acids is 2. The number of likely N-dealkylation sites (N-methyl/N-ethyl adjacent to an activating group) is 1. The first-order chi connectivity index (χ1) is 20.5. The van der Waals surface area contributed by atoms with Crippen LogP contribution in [-0.2, 0) is 28.7 Å². The van der Waals surface area contributed by atoms with Gasteiger partial charge in [-0.3, -0.25) is 19.4 Å². The number of likely N-dealkylation sites (tertiary alicyclic amines) is 1. The molecule has 0 aliphatic carbocycles. The lowest BCUT2D eigenvalue weighted by Gasteiger charge is -2.50. The Kier molecular flexibility index (Phi) is 10.4. The van der Waals surface area contributed by atoms with Gasteiger partial charge in [-0.15, -0.1) is 0 Å². The van der Waals surface area contributed by atoms with Gasteiger partial charge in [0, 0.05) is 62.9 Å². The van der Waals surface area contributed by atoms with Crippen LogP contribution in [0.2, 0.25) is 0 Å². The van der Waals surface area contributed by atoms with Crippen LogP contribution in [0.1, 0.15) is 35.9 Å². The average Bonchev–Trinajstić information content (AvgIpc) is 3.60. The normalized spacial score (nSPS) is 16.2. The summed E-state index contributed by atoms with van der Waals surface area (Å²) in [6.45, 7) is 6.57. The number of aryl methyl sites for hydroxylation is 1. The van der Waals surface area contributed by atoms with E-state index in [0.717, 1.165) is 62.6 Å². The molecule has 44 heavy (non-hydrogen) atoms. The zero-order chi connectivity index (χ0) is 32.9. The Morgan fingerprint density at radius 1 is 0.909 bits per heavy atom. The van der Waals surface area contributed by atoms with Crippen molar-refractivity contribution in [2.45, 2.75) is 44.2 Å². The molecule has 1 amide bonds. The molecule has 2 aliphatic heterocycles. The molecule has 3 aromatic rings. The number of carboxylic acids is 2. The number of nitrogens with zero attached hydrogens (tertiary/aromatic N) is 7. The molecule has 0 aromatic carbocycles. The SMILES string of the molecule is CCN1CCn2c(-c3cnn(C)c3)cnc2C12CCN(C(=O)c1ccncc1)CC2.O=C(O)C(F)(F)F.O=C(O)C(F)(F)F. The third-order valence-electron chi connectivity index (χ3n) is 7.14. The number of halogens is 6. The summed E-state index contributed by atoms with van der Waals surface area (Å²) in [6.07, 6.45) is 0.896. The first-order valence-electron chi connectivity index (χ1n) is 13.1. The zero-order valence-electron chi connectivity index (χ0n) is 23.5. The van der Waals surface area contributed by atoms with Gasteiger partial charge in [0.2, 0.25) is 0 Å². The van der Waals surface area contributed by atoms with Crippen molar-refractivity contribution >= 4 is 17.8 Å². The van der Waals surface area contributed by atoms with Crippen molar-refractivity contribution in [1.29, 1.82) is 0 Å². The van der Waals surface area contributed by atoms with Gasteiger partial charge in [0.15, 0.2) is 0 Å². The van der Waals surface area contributed by atoms with E-state index in [2.05, 4.69) is 26.5 Å². The lowest BCUT2D eigenvalue weighted by atomic mass is 9.83. The van der Waals surface area contributed by atoms with E-state index in [-0.39, 0.29) is 11.4 Å². The Morgan fingerprint density at radius 2 is 1.45 bits per heavy atom. The molecule has 18 heteroatoms. The highest BCUT2D eigenvalue weighted by Crippen LogP contribution is 2.42. The monoisotopic (exact) mass is 633 g/mol. The van der Waals surface area contributed by atoms with Gasteiger partial charge in [0.1, 0.15) is 5.82 Å². The number of hydrogen-bond acceptors (Lipinski definition) is 7. The molecule has 1 spiro atoms. The molecule has 12 nitrogen and oxygen atoms in total. The van der Waals surface area contributed by atoms with Crippen LogP contribution in [0.3, 0.4) is 0 Å². The first kappa shape index (κ1) is 34.0. The second-order valence-electron chi connectivity index (χ2n) is 9.77. The molecule has 2 aliphatic rings. The third-order valence-corrected chi connectivity index (χ3v) is 7.14. The van der Waals surface area contributed by atoms with E-state index in [9.17, 15) is 31.1 Å². The van der Waals surface area contributed by atoms with Gasteiger partial charge in [-0.05, 0) is 31.5 Å². The Hall–Kier alpha value is -4.48. The zero-order valence-corrected chi connectivity index (χ0v) is 23.5. The Bertz CT molecular complexity index is 1420. The molecule has 3 aromatic heterocycles. The van der Waals surface area contributed by atoms with E-state index in [1.165, 1.54) is 0 Å². The van der Waals surface area contributed by atoms with Crippen molar-refractivity contribution in [3.8, 4) is 11.3 Å². The van der Waals surface area contributed by atoms with E-state index in [0.29, 0.717) is 5.56 Å². The van der Waals surface area contributed by atoms with Crippen LogP contribution >= 0.6 is 0 Å². The fourth-order valence-electron chi connectivity index (χ4n) is 5.09. The molecule has 0 saturated carbocycles. The van der Waals surface area contributed by atoms with Crippen LogP contribution in [0.15, 0.2) is 43.1 Å². The highest BCUT2D eigenvalue weighted by Gasteiger charge is 2.47. The third kappa shape index (κ3) is 7.72. The summed E-state index contributed by atoms with van der Waals surface area (Å²) in [6, 6.07) is 3.58. The summed E-state index contributed by atoms with van der Waals surface area (Å²) in [5, 5.41) is 18.6. The maximum absolute atomic E-state index is 12.9. The summed E-state index contributed by atoms with van der Waals surface area (Å²) in [5.41, 5.74) is 2.81. The summed E-state index contributed by atoms with van der Waals surface area (Å²) in [7, 11) is 1.94. The topological polar surface area (TPSA) is 147 Å². The number of rotatable bonds is 3. The summed E-state index contributed by atoms with van der Waals surface area (Å²) in [4.78, 5) is 44.2. The highest BCUT2D eigenvalue weighted by molar-refractivity contribution is 5.94. The average molecular weight is 634 g/mol. The number of hydrogen-bond donors (Lipinski definition) is 2. The number of carbonyl (C=O) groups excluding carboxylic acids is 1. The second kappa shape index (κ2) is 13.4. The predicted octanol–water partition coefficient (Wildman–Crippen LogP) is 3.41. The lowest BCUT2D eigenvalue weighted by Crippen LogP contribution is -2.58. The fraction of sp³-hybridized carbons (Fsp3) is 0.462. The van der Waals surface area contributed by atoms with Crippen LogP contribution in [0.4, 0.5) is 26.3 Å². The Morgan fingerprint density at radius 3 is 1.91 bits per heavy atom. The minimum Gasteiger partial charge on any atom is -0.475 e. The smallest absolute Gasteiger partial charge is 0.475 e. The number of carbonyl (C=O) groups is 3. The van der Waals surface area contributed by atoms with Crippen molar-refractivity contribution in [1.82, 2.24) is 34.1 Å². The van der Waals surface area contributed by atoms with E-state index < -0.39 is 24.3 Å². The molecule has 1 fully saturated rings. The van der Waals surface area contributed by atoms with E-state index in [1.54, 1.807) is 24.5 Å². The molecule has 0 atom stereocenters. The Labute approximate surface area is 246 Å². The number of aromatic nitrogens is 5. The van der Waals surface area contributed by atoms with Gasteiger partial charge in [-0.2, -0.15) is 31.4 Å². The quantitative estimate of drug-likeness (QED) is 0.415. The minimum absolute atomic E-state index is 0.0884. The molecule has 0 unspecified atom stereocenters. The Balaban J connectivity index is 0.000000317. The van der Waals surface area contributed by atoms with Crippen molar-refractivity contribution < 1.29 is 50.9 Å². The van der Waals surface area contributed by atoms with Gasteiger partial charge in [-0.1, -0.05) is 6.92 Å². The van der Waals surface area contributed by atoms with Crippen LogP contribution < -0.4 is 0 Å². The molecule has 1 saturated heterocycles. The van der Waals surface area contributed by atoms with Gasteiger partial charge in [0.25, 0.3) is 5.91 Å². The van der Waals surface area contributed by atoms with Crippen LogP contribution in [0, 0.1) is 0 Å². The largest absolute Gasteiger partial charge is 0.490 e. The molecular weight excluding hydrogens is 604 g/mol. The second-order valence-corrected chi connectivity index (χ2v) is 9.77. The number of alkyl halides is 6. The number of imidazole rings is 1. The van der Waals surface area contributed by atoms with Gasteiger partial charge in [-0.25, -0.2) is 14.6 Å². The van der Waals surface area contributed by atoms with E-state index in [1.807, 2.05) is 35.2 Å². The molecule has 0 radical (unpaired) electrons. The number of piperidine rings is 1. The van der Waals surface area contributed by atoms with Crippen molar-refractivity contribution in [2.75, 3.05) is 26.2 Å². The first-order valence-corrected chi connectivity index (χ1v) is 13.1. The molecule has 240 valence electrons. The van der Waals surface area contributed by atoms with Crippen LogP contribution in [0.25, 0.3) is 11.3 Å². The predicted molar refractivity (Wildman–Crippen MR) is 140 cm³/mol. The molecule has 5 rings (SSSR count). The highest BCUT2D eigenvalue weighted by atomic mass is 19.4. The molecule has 0 bridgehead atoms. The molecular formula is C26H29F6N7O5. The summed E-state index contributed by atoms with van der Waals surface area (Å²) >= 11 is 0. The van der Waals surface area contributed by atoms with Crippen molar-refractivity contribution in [2.24, 2.45) is 7.05 Å². The van der Waals surface area contributed by atoms with Crippen molar-refractivity contribution in [3.63, 3.8) is 0 Å². The number of fused-ring (bicyclic) bond motifs is 2. The standard InChI is InChI=1S/C22H27N7O.2C2HF3O2/c1-3-28-12-13-29-19(18-14-25-26(2)16-18)15-24-21(29)22(28)6-10-27(11-7-22)20(30)17-4-8-23-9-5-17;2*3-2(4,5)1(6)7/h4-5,8-9,14-16H,3,6-7,10-13H2,1-2H3;2*(H,6,7). The van der Waals surface area contributed by atoms with Gasteiger partial charge < -0.3 is 19.7 Å². The number of pyridine rings is 1. The lowest BCUT2D eigenvalue weighted by molar-refractivity contribution is -0.193. The van der Waals surface area contributed by atoms with E-state index >= 15 is 0 Å². The van der Waals surface area contributed by atoms with Crippen LogP contribution in [-0.4, -0.2) is 101 Å². The van der Waals surface area contributed by atoms with Gasteiger partial charge >= 0.3 is 24.3 Å². The fourth-order valence-corrected chi connectivity index (χ4v) is 5.09. The minimum atomic E-state index is -5.08. The number of amides is 1. The molecule has 2 N–H and O–H groups in total.